The maximum absolute atomic E-state index is 14.0. The fraction of sp³-hybridized carbons (Fsp3) is 0.440. The van der Waals surface area contributed by atoms with Gasteiger partial charge in [0.1, 0.15) is 5.82 Å². The molecule has 3 aliphatic heterocycles. The molecule has 1 fully saturated rings. The molecular formula is C25H29FN4O2. The number of carbonyl (C=O) groups excluding carboxylic acids is 2. The van der Waals surface area contributed by atoms with Gasteiger partial charge in [-0.15, -0.1) is 0 Å². The first kappa shape index (κ1) is 20.9. The van der Waals surface area contributed by atoms with Gasteiger partial charge in [-0.05, 0) is 82.0 Å². The summed E-state index contributed by atoms with van der Waals surface area (Å²) >= 11 is 0. The molecule has 0 atom stereocenters. The Morgan fingerprint density at radius 1 is 1.06 bits per heavy atom. The Bertz CT molecular complexity index is 1130. The van der Waals surface area contributed by atoms with Gasteiger partial charge in [0.15, 0.2) is 0 Å². The molecule has 0 radical (unpaired) electrons. The van der Waals surface area contributed by atoms with Gasteiger partial charge >= 0.3 is 0 Å². The molecule has 1 saturated heterocycles. The highest BCUT2D eigenvalue weighted by Gasteiger charge is 2.30. The number of rotatable bonds is 4. The molecule has 5 rings (SSSR count). The fourth-order valence-electron chi connectivity index (χ4n) is 5.20. The number of fused-ring (bicyclic) bond motifs is 2. The van der Waals surface area contributed by atoms with Gasteiger partial charge in [0.25, 0.3) is 11.8 Å². The van der Waals surface area contributed by atoms with Gasteiger partial charge < -0.3 is 20.1 Å². The van der Waals surface area contributed by atoms with Gasteiger partial charge in [-0.1, -0.05) is 0 Å². The standard InChI is InChI=1S/C25H29FN4O2/c1-15-12-17(26)13-18-19(24(31)28-23(15)18)14-21-16(2)22-20(27-21)6-5-9-30(25(22)32)11-10-29-7-3-4-8-29/h12-14,27H,3-11H2,1-2H3,(H,28,31)/b19-14-. The van der Waals surface area contributed by atoms with Crippen LogP contribution < -0.4 is 5.32 Å². The Kier molecular flexibility index (Phi) is 5.37. The smallest absolute Gasteiger partial charge is 0.256 e. The van der Waals surface area contributed by atoms with Gasteiger partial charge in [0.2, 0.25) is 0 Å². The SMILES string of the molecule is Cc1cc(F)cc2c1NC(=O)/C2=C\c1[nH]c2c(c1C)C(=O)N(CCN1CCCC1)CCC2. The van der Waals surface area contributed by atoms with Crippen molar-refractivity contribution in [1.82, 2.24) is 14.8 Å². The number of nitrogens with one attached hydrogen (secondary N) is 2. The molecule has 0 saturated carbocycles. The first-order valence-corrected chi connectivity index (χ1v) is 11.5. The molecule has 2 amide bonds. The number of aryl methyl sites for hydroxylation is 2. The number of likely N-dealkylation sites (tertiary alicyclic amines) is 1. The minimum absolute atomic E-state index is 0.0632. The van der Waals surface area contributed by atoms with E-state index in [1.807, 2.05) is 11.8 Å². The molecule has 0 spiro atoms. The number of benzene rings is 1. The maximum atomic E-state index is 14.0. The monoisotopic (exact) mass is 436 g/mol. The summed E-state index contributed by atoms with van der Waals surface area (Å²) in [6.07, 6.45) is 5.94. The number of nitrogens with zero attached hydrogens (tertiary/aromatic N) is 2. The molecule has 1 aromatic heterocycles. The topological polar surface area (TPSA) is 68.4 Å². The zero-order valence-electron chi connectivity index (χ0n) is 18.7. The third kappa shape index (κ3) is 3.64. The van der Waals surface area contributed by atoms with Crippen molar-refractivity contribution in [3.8, 4) is 0 Å². The molecule has 0 unspecified atom stereocenters. The number of halogens is 1. The summed E-state index contributed by atoms with van der Waals surface area (Å²) in [5, 5.41) is 2.85. The fourth-order valence-corrected chi connectivity index (χ4v) is 5.20. The van der Waals surface area contributed by atoms with E-state index in [9.17, 15) is 14.0 Å². The van der Waals surface area contributed by atoms with E-state index >= 15 is 0 Å². The zero-order chi connectivity index (χ0) is 22.4. The van der Waals surface area contributed by atoms with Crippen molar-refractivity contribution in [1.29, 1.82) is 0 Å². The van der Waals surface area contributed by atoms with Crippen LogP contribution in [0.5, 0.6) is 0 Å². The summed E-state index contributed by atoms with van der Waals surface area (Å²) in [6, 6.07) is 2.81. The van der Waals surface area contributed by atoms with Crippen molar-refractivity contribution < 1.29 is 14.0 Å². The molecule has 6 nitrogen and oxygen atoms in total. The summed E-state index contributed by atoms with van der Waals surface area (Å²) in [5.41, 5.74) is 5.57. The lowest BCUT2D eigenvalue weighted by Gasteiger charge is -2.24. The van der Waals surface area contributed by atoms with Crippen LogP contribution in [0.2, 0.25) is 0 Å². The second-order valence-corrected chi connectivity index (χ2v) is 9.12. The van der Waals surface area contributed by atoms with E-state index in [4.69, 9.17) is 0 Å². The van der Waals surface area contributed by atoms with Gasteiger partial charge in [-0.3, -0.25) is 9.59 Å². The Morgan fingerprint density at radius 3 is 2.62 bits per heavy atom. The van der Waals surface area contributed by atoms with Crippen molar-refractivity contribution in [3.05, 3.63) is 51.6 Å². The van der Waals surface area contributed by atoms with Crippen molar-refractivity contribution in [2.24, 2.45) is 0 Å². The quantitative estimate of drug-likeness (QED) is 0.718. The lowest BCUT2D eigenvalue weighted by molar-refractivity contribution is -0.110. The molecule has 168 valence electrons. The third-order valence-electron chi connectivity index (χ3n) is 6.97. The van der Waals surface area contributed by atoms with Gasteiger partial charge in [0, 0.05) is 36.6 Å². The second kappa shape index (κ2) is 8.20. The van der Waals surface area contributed by atoms with Crippen molar-refractivity contribution in [3.63, 3.8) is 0 Å². The molecule has 32 heavy (non-hydrogen) atoms. The van der Waals surface area contributed by atoms with Crippen LogP contribution >= 0.6 is 0 Å². The van der Waals surface area contributed by atoms with E-state index in [-0.39, 0.29) is 17.6 Å². The van der Waals surface area contributed by atoms with Crippen molar-refractivity contribution in [2.75, 3.05) is 38.0 Å². The van der Waals surface area contributed by atoms with Crippen LogP contribution in [0, 0.1) is 19.7 Å². The average molecular weight is 437 g/mol. The predicted octanol–water partition coefficient (Wildman–Crippen LogP) is 3.75. The highest BCUT2D eigenvalue weighted by molar-refractivity contribution is 6.35. The summed E-state index contributed by atoms with van der Waals surface area (Å²) < 4.78 is 14.0. The summed E-state index contributed by atoms with van der Waals surface area (Å²) in [5.74, 6) is -0.559. The number of carbonyl (C=O) groups is 2. The number of hydrogen-bond acceptors (Lipinski definition) is 3. The number of hydrogen-bond donors (Lipinski definition) is 2. The van der Waals surface area contributed by atoms with Crippen LogP contribution in [0.25, 0.3) is 11.6 Å². The third-order valence-corrected chi connectivity index (χ3v) is 6.97. The van der Waals surface area contributed by atoms with E-state index in [0.29, 0.717) is 22.4 Å². The van der Waals surface area contributed by atoms with Crippen molar-refractivity contribution >= 4 is 29.2 Å². The normalized spacial score (nSPS) is 20.0. The molecule has 4 heterocycles. The molecule has 0 bridgehead atoms. The first-order chi connectivity index (χ1) is 15.4. The Balaban J connectivity index is 1.45. The van der Waals surface area contributed by atoms with Gasteiger partial charge in [0.05, 0.1) is 16.8 Å². The van der Waals surface area contributed by atoms with Crippen LogP contribution in [0.4, 0.5) is 10.1 Å². The molecule has 2 N–H and O–H groups in total. The minimum atomic E-state index is -0.369. The minimum Gasteiger partial charge on any atom is -0.358 e. The number of anilines is 1. The van der Waals surface area contributed by atoms with E-state index in [1.54, 1.807) is 13.0 Å². The van der Waals surface area contributed by atoms with E-state index < -0.39 is 0 Å². The zero-order valence-corrected chi connectivity index (χ0v) is 18.7. The second-order valence-electron chi connectivity index (χ2n) is 9.12. The number of aromatic nitrogens is 1. The molecule has 1 aromatic carbocycles. The number of H-pyrrole nitrogens is 1. The maximum Gasteiger partial charge on any atom is 0.256 e. The number of aromatic amines is 1. The van der Waals surface area contributed by atoms with E-state index in [0.717, 1.165) is 68.1 Å². The Labute approximate surface area is 187 Å². The summed E-state index contributed by atoms with van der Waals surface area (Å²) in [4.78, 5) is 33.8. The van der Waals surface area contributed by atoms with Crippen LogP contribution in [0.1, 0.15) is 57.7 Å². The van der Waals surface area contributed by atoms with Crippen molar-refractivity contribution in [2.45, 2.75) is 39.5 Å². The van der Waals surface area contributed by atoms with E-state index in [1.165, 1.54) is 25.0 Å². The summed E-state index contributed by atoms with van der Waals surface area (Å²) in [6.45, 7) is 8.38. The molecular weight excluding hydrogens is 407 g/mol. The average Bonchev–Trinajstić information content (AvgIpc) is 3.42. The van der Waals surface area contributed by atoms with Crippen LogP contribution in [-0.4, -0.2) is 59.3 Å². The van der Waals surface area contributed by atoms with Gasteiger partial charge in [-0.25, -0.2) is 4.39 Å². The molecule has 0 aliphatic carbocycles. The Morgan fingerprint density at radius 2 is 1.84 bits per heavy atom. The van der Waals surface area contributed by atoms with Gasteiger partial charge in [-0.2, -0.15) is 0 Å². The predicted molar refractivity (Wildman–Crippen MR) is 123 cm³/mol. The van der Waals surface area contributed by atoms with Crippen LogP contribution in [0.3, 0.4) is 0 Å². The van der Waals surface area contributed by atoms with E-state index in [2.05, 4.69) is 15.2 Å². The number of amides is 2. The molecule has 3 aliphatic rings. The first-order valence-electron chi connectivity index (χ1n) is 11.5. The van der Waals surface area contributed by atoms with Crippen LogP contribution in [0.15, 0.2) is 12.1 Å². The largest absolute Gasteiger partial charge is 0.358 e. The van der Waals surface area contributed by atoms with Crippen LogP contribution in [-0.2, 0) is 11.2 Å². The highest BCUT2D eigenvalue weighted by atomic mass is 19.1. The Hall–Kier alpha value is -2.93. The summed E-state index contributed by atoms with van der Waals surface area (Å²) in [7, 11) is 0. The lowest BCUT2D eigenvalue weighted by Crippen LogP contribution is -2.38. The molecule has 2 aromatic rings. The lowest BCUT2D eigenvalue weighted by atomic mass is 10.0. The highest BCUT2D eigenvalue weighted by Crippen LogP contribution is 2.37. The molecule has 7 heteroatoms.